The molecule has 216 valence electrons. The predicted molar refractivity (Wildman–Crippen MR) is 152 cm³/mol. The van der Waals surface area contributed by atoms with E-state index in [1.807, 2.05) is 52.0 Å². The van der Waals surface area contributed by atoms with Gasteiger partial charge in [0.1, 0.15) is 5.75 Å². The lowest BCUT2D eigenvalue weighted by atomic mass is 9.62. The van der Waals surface area contributed by atoms with Crippen LogP contribution in [0.4, 0.5) is 0 Å². The number of hydrogen-bond acceptors (Lipinski definition) is 6. The molecule has 0 spiro atoms. The predicted octanol–water partition coefficient (Wildman–Crippen LogP) is 2.67. The van der Waals surface area contributed by atoms with E-state index < -0.39 is 29.3 Å². The highest BCUT2D eigenvalue weighted by molar-refractivity contribution is 6.03. The van der Waals surface area contributed by atoms with Crippen LogP contribution in [0.5, 0.6) is 5.75 Å². The molecule has 1 aromatic carbocycles. The molecular formula is C30H46N4O5. The summed E-state index contributed by atoms with van der Waals surface area (Å²) in [6.07, 6.45) is 3.95. The number of methoxy groups -OCH3 is 1. The lowest BCUT2D eigenvalue weighted by Crippen LogP contribution is -2.51. The summed E-state index contributed by atoms with van der Waals surface area (Å²) < 4.78 is 5.28. The number of amides is 3. The topological polar surface area (TPSA) is 148 Å². The van der Waals surface area contributed by atoms with E-state index >= 15 is 0 Å². The number of nitrogens with one attached hydrogen (secondary N) is 1. The maximum absolute atomic E-state index is 13.6. The standard InChI is InChI=1S/C30H46N4O5/c1-6-11-34(12-7-2)28(37)23-15-22(27(31)36)16-30(17-23,29(32)38)25(13-20(3)4)26(35)19-33-18-21-9-8-10-24(14-21)39-5/h8-10,14-16,20,25-26,33,35H,6-7,11-13,17-19H2,1-5H3,(H2,31,36)(H2,32,38)/t25-,26+,30?/m1/s1. The van der Waals surface area contributed by atoms with Gasteiger partial charge in [0.15, 0.2) is 0 Å². The maximum atomic E-state index is 13.6. The Balaban J connectivity index is 2.43. The fourth-order valence-corrected chi connectivity index (χ4v) is 5.35. The van der Waals surface area contributed by atoms with E-state index in [0.29, 0.717) is 31.6 Å². The summed E-state index contributed by atoms with van der Waals surface area (Å²) in [6, 6.07) is 7.59. The molecule has 0 saturated heterocycles. The van der Waals surface area contributed by atoms with Crippen LogP contribution >= 0.6 is 0 Å². The van der Waals surface area contributed by atoms with Crippen molar-refractivity contribution < 1.29 is 24.2 Å². The third kappa shape index (κ3) is 8.41. The van der Waals surface area contributed by atoms with Gasteiger partial charge in [-0.3, -0.25) is 14.4 Å². The first-order valence-electron chi connectivity index (χ1n) is 13.8. The molecule has 1 aromatic rings. The van der Waals surface area contributed by atoms with E-state index in [-0.39, 0.29) is 30.4 Å². The third-order valence-corrected chi connectivity index (χ3v) is 7.19. The minimum atomic E-state index is -1.46. The Morgan fingerprint density at radius 3 is 2.36 bits per heavy atom. The van der Waals surface area contributed by atoms with Crippen molar-refractivity contribution in [3.05, 3.63) is 53.1 Å². The number of nitrogens with zero attached hydrogens (tertiary/aromatic N) is 1. The van der Waals surface area contributed by atoms with Gasteiger partial charge >= 0.3 is 0 Å². The van der Waals surface area contributed by atoms with Crippen LogP contribution in [-0.4, -0.2) is 60.6 Å². The second-order valence-corrected chi connectivity index (χ2v) is 10.8. The molecule has 0 aromatic heterocycles. The second-order valence-electron chi connectivity index (χ2n) is 10.8. The zero-order valence-electron chi connectivity index (χ0n) is 24.0. The Morgan fingerprint density at radius 1 is 1.15 bits per heavy atom. The number of hydrogen-bond donors (Lipinski definition) is 4. The van der Waals surface area contributed by atoms with Gasteiger partial charge in [-0.2, -0.15) is 0 Å². The molecule has 39 heavy (non-hydrogen) atoms. The van der Waals surface area contributed by atoms with Crippen molar-refractivity contribution in [2.75, 3.05) is 26.7 Å². The highest BCUT2D eigenvalue weighted by Gasteiger charge is 2.49. The van der Waals surface area contributed by atoms with Crippen molar-refractivity contribution in [2.24, 2.45) is 28.7 Å². The van der Waals surface area contributed by atoms with E-state index in [1.54, 1.807) is 12.0 Å². The zero-order chi connectivity index (χ0) is 29.2. The molecule has 3 amide bonds. The molecule has 1 aliphatic rings. The van der Waals surface area contributed by atoms with Crippen LogP contribution in [0.3, 0.4) is 0 Å². The number of rotatable bonds is 16. The molecule has 1 aliphatic carbocycles. The Morgan fingerprint density at radius 2 is 1.82 bits per heavy atom. The number of carbonyl (C=O) groups excluding carboxylic acids is 3. The van der Waals surface area contributed by atoms with Crippen LogP contribution in [0.2, 0.25) is 0 Å². The van der Waals surface area contributed by atoms with Crippen LogP contribution in [0.25, 0.3) is 0 Å². The number of benzene rings is 1. The lowest BCUT2D eigenvalue weighted by Gasteiger charge is -2.42. The van der Waals surface area contributed by atoms with Gasteiger partial charge in [0.05, 0.1) is 18.6 Å². The molecule has 2 rings (SSSR count). The van der Waals surface area contributed by atoms with Crippen molar-refractivity contribution in [3.63, 3.8) is 0 Å². The average Bonchev–Trinajstić information content (AvgIpc) is 2.90. The number of aliphatic hydroxyl groups excluding tert-OH is 1. The molecule has 9 nitrogen and oxygen atoms in total. The van der Waals surface area contributed by atoms with E-state index in [1.165, 1.54) is 12.2 Å². The van der Waals surface area contributed by atoms with Gasteiger partial charge in [-0.25, -0.2) is 0 Å². The second kappa shape index (κ2) is 14.8. The first kappa shape index (κ1) is 32.0. The number of primary amides is 2. The molecule has 0 saturated carbocycles. The molecule has 0 fully saturated rings. The van der Waals surface area contributed by atoms with E-state index in [0.717, 1.165) is 24.2 Å². The number of carbonyl (C=O) groups is 3. The quantitative estimate of drug-likeness (QED) is 0.252. The Hall–Kier alpha value is -3.17. The van der Waals surface area contributed by atoms with E-state index in [4.69, 9.17) is 16.2 Å². The van der Waals surface area contributed by atoms with Gasteiger partial charge in [-0.1, -0.05) is 45.9 Å². The SMILES string of the molecule is CCCN(CCC)C(=O)C1=CC(C(N)=O)=CC(C(N)=O)([C@H](CC(C)C)[C@@H](O)CNCc2cccc(OC)c2)C1. The fourth-order valence-electron chi connectivity index (χ4n) is 5.35. The molecular weight excluding hydrogens is 496 g/mol. The molecule has 1 unspecified atom stereocenters. The minimum Gasteiger partial charge on any atom is -0.497 e. The van der Waals surface area contributed by atoms with Crippen molar-refractivity contribution in [2.45, 2.75) is 66.0 Å². The first-order chi connectivity index (χ1) is 18.5. The minimum absolute atomic E-state index is 0.00773. The van der Waals surface area contributed by atoms with Crippen molar-refractivity contribution in [1.82, 2.24) is 10.2 Å². The molecule has 9 heteroatoms. The molecule has 0 aliphatic heterocycles. The van der Waals surface area contributed by atoms with Crippen molar-refractivity contribution in [3.8, 4) is 5.75 Å². The third-order valence-electron chi connectivity index (χ3n) is 7.19. The normalized spacial score (nSPS) is 18.6. The van der Waals surface area contributed by atoms with Crippen LogP contribution < -0.4 is 21.5 Å². The van der Waals surface area contributed by atoms with Gasteiger partial charge in [0, 0.05) is 43.2 Å². The summed E-state index contributed by atoms with van der Waals surface area (Å²) in [5.41, 5.74) is 11.6. The summed E-state index contributed by atoms with van der Waals surface area (Å²) in [6.45, 7) is 9.71. The van der Waals surface area contributed by atoms with Crippen LogP contribution in [0, 0.1) is 17.3 Å². The fraction of sp³-hybridized carbons (Fsp3) is 0.567. The molecule has 3 atom stereocenters. The summed E-state index contributed by atoms with van der Waals surface area (Å²) in [7, 11) is 1.60. The van der Waals surface area contributed by atoms with Gasteiger partial charge in [-0.15, -0.1) is 0 Å². The van der Waals surface area contributed by atoms with Gasteiger partial charge in [0.2, 0.25) is 17.7 Å². The maximum Gasteiger partial charge on any atom is 0.249 e. The highest BCUT2D eigenvalue weighted by atomic mass is 16.5. The lowest BCUT2D eigenvalue weighted by molar-refractivity contribution is -0.132. The van der Waals surface area contributed by atoms with Crippen LogP contribution in [0.15, 0.2) is 47.6 Å². The first-order valence-corrected chi connectivity index (χ1v) is 13.8. The average molecular weight is 543 g/mol. The van der Waals surface area contributed by atoms with Crippen molar-refractivity contribution >= 4 is 17.7 Å². The number of nitrogens with two attached hydrogens (primary N) is 2. The molecule has 0 radical (unpaired) electrons. The summed E-state index contributed by atoms with van der Waals surface area (Å²) >= 11 is 0. The molecule has 6 N–H and O–H groups in total. The van der Waals surface area contributed by atoms with Gasteiger partial charge in [-0.05, 0) is 55.4 Å². The van der Waals surface area contributed by atoms with Crippen molar-refractivity contribution in [1.29, 1.82) is 0 Å². The van der Waals surface area contributed by atoms with E-state index in [2.05, 4.69) is 5.32 Å². The van der Waals surface area contributed by atoms with E-state index in [9.17, 15) is 19.5 Å². The smallest absolute Gasteiger partial charge is 0.249 e. The number of aliphatic hydroxyl groups is 1. The zero-order valence-corrected chi connectivity index (χ0v) is 24.0. The largest absolute Gasteiger partial charge is 0.497 e. The Labute approximate surface area is 232 Å². The molecule has 0 bridgehead atoms. The van der Waals surface area contributed by atoms with Gasteiger partial charge < -0.3 is 31.5 Å². The summed E-state index contributed by atoms with van der Waals surface area (Å²) in [5, 5.41) is 14.7. The monoisotopic (exact) mass is 542 g/mol. The van der Waals surface area contributed by atoms with Gasteiger partial charge in [0.25, 0.3) is 0 Å². The Kier molecular flexibility index (Phi) is 12.2. The van der Waals surface area contributed by atoms with Crippen LogP contribution in [0.1, 0.15) is 58.9 Å². The molecule has 0 heterocycles. The van der Waals surface area contributed by atoms with Crippen LogP contribution in [-0.2, 0) is 20.9 Å². The number of ether oxygens (including phenoxy) is 1. The Bertz CT molecular complexity index is 1060. The summed E-state index contributed by atoms with van der Waals surface area (Å²) in [5.74, 6) is -1.52. The highest BCUT2D eigenvalue weighted by Crippen LogP contribution is 2.45. The summed E-state index contributed by atoms with van der Waals surface area (Å²) in [4.78, 5) is 41.0.